The van der Waals surface area contributed by atoms with E-state index in [0.29, 0.717) is 12.3 Å². The van der Waals surface area contributed by atoms with E-state index in [1.165, 1.54) is 25.5 Å². The number of aromatic nitrogens is 2. The second-order valence-corrected chi connectivity index (χ2v) is 5.31. The number of carbonyl (C=O) groups is 1. The van der Waals surface area contributed by atoms with Gasteiger partial charge in [0.2, 0.25) is 0 Å². The monoisotopic (exact) mass is 266 g/mol. The normalized spacial score (nSPS) is 23.5. The molecule has 0 bridgehead atoms. The lowest BCUT2D eigenvalue weighted by molar-refractivity contribution is -0.00135. The van der Waals surface area contributed by atoms with Crippen LogP contribution in [0.2, 0.25) is 0 Å². The maximum Gasteiger partial charge on any atom is 0.339 e. The number of ether oxygens (including phenoxy) is 1. The minimum absolute atomic E-state index is 0.241. The molecule has 1 saturated carbocycles. The molecule has 1 aromatic heterocycles. The molecule has 0 saturated heterocycles. The highest BCUT2D eigenvalue weighted by Gasteiger charge is 2.23. The van der Waals surface area contributed by atoms with Crippen LogP contribution in [-0.2, 0) is 18.4 Å². The lowest BCUT2D eigenvalue weighted by Gasteiger charge is -2.28. The molecule has 1 N–H and O–H groups in total. The minimum Gasteiger partial charge on any atom is -0.478 e. The van der Waals surface area contributed by atoms with E-state index < -0.39 is 5.97 Å². The number of nitrogens with zero attached hydrogens (tertiary/aromatic N) is 2. The molecule has 1 aromatic rings. The van der Waals surface area contributed by atoms with Crippen molar-refractivity contribution >= 4 is 5.97 Å². The standard InChI is InChI=1S/C14H22N2O3/c1-3-10-5-4-6-11(7-10)19-9-13-12(14(17)18)8-15-16(13)2/h8,10-11H,3-7,9H2,1-2H3,(H,17,18). The molecule has 0 aromatic carbocycles. The third-order valence-corrected chi connectivity index (χ3v) is 4.06. The van der Waals surface area contributed by atoms with Crippen LogP contribution in [0.3, 0.4) is 0 Å². The molecule has 1 aliphatic carbocycles. The Morgan fingerprint density at radius 3 is 3.05 bits per heavy atom. The van der Waals surface area contributed by atoms with Gasteiger partial charge in [0.25, 0.3) is 0 Å². The number of hydrogen-bond donors (Lipinski definition) is 1. The van der Waals surface area contributed by atoms with E-state index in [0.717, 1.165) is 18.8 Å². The largest absolute Gasteiger partial charge is 0.478 e. The van der Waals surface area contributed by atoms with Gasteiger partial charge in [-0.15, -0.1) is 0 Å². The smallest absolute Gasteiger partial charge is 0.339 e. The summed E-state index contributed by atoms with van der Waals surface area (Å²) in [7, 11) is 1.75. The number of rotatable bonds is 5. The number of aryl methyl sites for hydroxylation is 1. The van der Waals surface area contributed by atoms with Gasteiger partial charge in [0.05, 0.1) is 24.6 Å². The zero-order valence-electron chi connectivity index (χ0n) is 11.6. The van der Waals surface area contributed by atoms with Gasteiger partial charge in [-0.1, -0.05) is 26.2 Å². The van der Waals surface area contributed by atoms with Gasteiger partial charge < -0.3 is 9.84 Å². The molecule has 1 aliphatic rings. The lowest BCUT2D eigenvalue weighted by atomic mass is 9.85. The van der Waals surface area contributed by atoms with E-state index in [4.69, 9.17) is 9.84 Å². The first-order chi connectivity index (χ1) is 9.11. The molecule has 2 unspecified atom stereocenters. The molecule has 0 aliphatic heterocycles. The van der Waals surface area contributed by atoms with Crippen molar-refractivity contribution < 1.29 is 14.6 Å². The van der Waals surface area contributed by atoms with Gasteiger partial charge in [0, 0.05) is 7.05 Å². The van der Waals surface area contributed by atoms with E-state index in [1.54, 1.807) is 11.7 Å². The van der Waals surface area contributed by atoms with Crippen LogP contribution in [0.5, 0.6) is 0 Å². The lowest BCUT2D eigenvalue weighted by Crippen LogP contribution is -2.23. The number of carboxylic acids is 1. The van der Waals surface area contributed by atoms with Crippen LogP contribution in [0.4, 0.5) is 0 Å². The third kappa shape index (κ3) is 3.35. The molecule has 0 spiro atoms. The molecule has 0 radical (unpaired) electrons. The van der Waals surface area contributed by atoms with Crippen molar-refractivity contribution in [2.45, 2.75) is 51.7 Å². The van der Waals surface area contributed by atoms with Gasteiger partial charge in [-0.3, -0.25) is 4.68 Å². The van der Waals surface area contributed by atoms with Crippen LogP contribution in [-0.4, -0.2) is 27.0 Å². The first-order valence-electron chi connectivity index (χ1n) is 6.97. The minimum atomic E-state index is -0.943. The maximum absolute atomic E-state index is 11.1. The molecular weight excluding hydrogens is 244 g/mol. The Kier molecular flexibility index (Phi) is 4.58. The molecule has 1 heterocycles. The summed E-state index contributed by atoms with van der Waals surface area (Å²) < 4.78 is 7.49. The zero-order chi connectivity index (χ0) is 13.8. The van der Waals surface area contributed by atoms with Gasteiger partial charge >= 0.3 is 5.97 Å². The second kappa shape index (κ2) is 6.19. The highest BCUT2D eigenvalue weighted by molar-refractivity contribution is 5.88. The average Bonchev–Trinajstić information content (AvgIpc) is 2.78. The van der Waals surface area contributed by atoms with Crippen molar-refractivity contribution in [3.8, 4) is 0 Å². The Morgan fingerprint density at radius 2 is 2.37 bits per heavy atom. The Morgan fingerprint density at radius 1 is 1.58 bits per heavy atom. The van der Waals surface area contributed by atoms with Crippen molar-refractivity contribution in [1.82, 2.24) is 9.78 Å². The molecule has 0 amide bonds. The van der Waals surface area contributed by atoms with Crippen molar-refractivity contribution in [3.05, 3.63) is 17.5 Å². The van der Waals surface area contributed by atoms with Crippen LogP contribution >= 0.6 is 0 Å². The summed E-state index contributed by atoms with van der Waals surface area (Å²) in [5.74, 6) is -0.189. The first-order valence-corrected chi connectivity index (χ1v) is 6.97. The van der Waals surface area contributed by atoms with Crippen LogP contribution in [0, 0.1) is 5.92 Å². The van der Waals surface area contributed by atoms with E-state index in [1.807, 2.05) is 0 Å². The molecule has 19 heavy (non-hydrogen) atoms. The SMILES string of the molecule is CCC1CCCC(OCc2c(C(=O)O)cnn2C)C1. The van der Waals surface area contributed by atoms with Crippen molar-refractivity contribution in [3.63, 3.8) is 0 Å². The summed E-state index contributed by atoms with van der Waals surface area (Å²) in [6, 6.07) is 0. The first kappa shape index (κ1) is 14.1. The summed E-state index contributed by atoms with van der Waals surface area (Å²) in [5, 5.41) is 13.1. The number of aromatic carboxylic acids is 1. The summed E-state index contributed by atoms with van der Waals surface area (Å²) in [6.07, 6.45) is 7.52. The van der Waals surface area contributed by atoms with Gasteiger partial charge in [-0.25, -0.2) is 4.79 Å². The van der Waals surface area contributed by atoms with Gasteiger partial charge in [-0.05, 0) is 18.8 Å². The molecule has 1 fully saturated rings. The third-order valence-electron chi connectivity index (χ3n) is 4.06. The van der Waals surface area contributed by atoms with Gasteiger partial charge in [-0.2, -0.15) is 5.10 Å². The molecule has 106 valence electrons. The van der Waals surface area contributed by atoms with Crippen molar-refractivity contribution in [2.75, 3.05) is 0 Å². The fourth-order valence-electron chi connectivity index (χ4n) is 2.77. The molecule has 5 heteroatoms. The summed E-state index contributed by atoms with van der Waals surface area (Å²) in [5.41, 5.74) is 0.886. The predicted molar refractivity (Wildman–Crippen MR) is 71.0 cm³/mol. The Bertz CT molecular complexity index is 442. The highest BCUT2D eigenvalue weighted by atomic mass is 16.5. The highest BCUT2D eigenvalue weighted by Crippen LogP contribution is 2.29. The van der Waals surface area contributed by atoms with Crippen LogP contribution in [0.25, 0.3) is 0 Å². The van der Waals surface area contributed by atoms with Crippen LogP contribution in [0.15, 0.2) is 6.20 Å². The fourth-order valence-corrected chi connectivity index (χ4v) is 2.77. The fraction of sp³-hybridized carbons (Fsp3) is 0.714. The quantitative estimate of drug-likeness (QED) is 0.889. The molecular formula is C14H22N2O3. The van der Waals surface area contributed by atoms with E-state index in [-0.39, 0.29) is 11.7 Å². The van der Waals surface area contributed by atoms with E-state index >= 15 is 0 Å². The van der Waals surface area contributed by atoms with Gasteiger partial charge in [0.1, 0.15) is 5.56 Å². The second-order valence-electron chi connectivity index (χ2n) is 5.31. The van der Waals surface area contributed by atoms with Gasteiger partial charge in [0.15, 0.2) is 0 Å². The van der Waals surface area contributed by atoms with Crippen LogP contribution in [0.1, 0.15) is 55.1 Å². The summed E-state index contributed by atoms with van der Waals surface area (Å²) >= 11 is 0. The van der Waals surface area contributed by atoms with Crippen LogP contribution < -0.4 is 0 Å². The molecule has 5 nitrogen and oxygen atoms in total. The Hall–Kier alpha value is -1.36. The number of hydrogen-bond acceptors (Lipinski definition) is 3. The topological polar surface area (TPSA) is 64.3 Å². The zero-order valence-corrected chi connectivity index (χ0v) is 11.6. The Labute approximate surface area is 113 Å². The number of carboxylic acid groups (broad SMARTS) is 1. The van der Waals surface area contributed by atoms with E-state index in [9.17, 15) is 4.79 Å². The van der Waals surface area contributed by atoms with Crippen molar-refractivity contribution in [2.24, 2.45) is 13.0 Å². The average molecular weight is 266 g/mol. The van der Waals surface area contributed by atoms with Crippen molar-refractivity contribution in [1.29, 1.82) is 0 Å². The Balaban J connectivity index is 1.95. The predicted octanol–water partition coefficient (Wildman–Crippen LogP) is 2.60. The summed E-state index contributed by atoms with van der Waals surface area (Å²) in [6.45, 7) is 2.55. The summed E-state index contributed by atoms with van der Waals surface area (Å²) in [4.78, 5) is 11.1. The van der Waals surface area contributed by atoms with E-state index in [2.05, 4.69) is 12.0 Å². The maximum atomic E-state index is 11.1. The molecule has 2 atom stereocenters. The molecule has 2 rings (SSSR count).